The van der Waals surface area contributed by atoms with Crippen molar-refractivity contribution < 1.29 is 23.5 Å². The molecule has 2 aromatic rings. The molecule has 0 amide bonds. The summed E-state index contributed by atoms with van der Waals surface area (Å²) in [6, 6.07) is 6.47. The number of hydrogen-bond donors (Lipinski definition) is 0. The van der Waals surface area contributed by atoms with E-state index < -0.39 is 17.5 Å². The van der Waals surface area contributed by atoms with E-state index in [4.69, 9.17) is 9.15 Å². The molecule has 0 saturated carbocycles. The molecule has 0 aliphatic heterocycles. The van der Waals surface area contributed by atoms with Crippen LogP contribution in [-0.4, -0.2) is 50.2 Å². The monoisotopic (exact) mass is 319 g/mol. The number of methoxy groups -OCH3 is 1. The standard InChI is InChI=1S/C17H21NO5/c1-17(2,10-18(3)4)23-16(20)14-8-11-6-7-12(15(19)21-5)9-13(11)22-14/h6-9H,10H2,1-5H3. The molecule has 0 fully saturated rings. The van der Waals surface area contributed by atoms with Crippen LogP contribution < -0.4 is 0 Å². The number of esters is 2. The molecule has 6 heteroatoms. The molecule has 1 aromatic heterocycles. The smallest absolute Gasteiger partial charge is 0.374 e. The zero-order valence-corrected chi connectivity index (χ0v) is 14.0. The van der Waals surface area contributed by atoms with Crippen LogP contribution in [0.3, 0.4) is 0 Å². The molecule has 124 valence electrons. The maximum absolute atomic E-state index is 12.3. The van der Waals surface area contributed by atoms with E-state index in [0.717, 1.165) is 5.39 Å². The van der Waals surface area contributed by atoms with Crippen molar-refractivity contribution in [3.8, 4) is 0 Å². The molecule has 0 N–H and O–H groups in total. The number of carbonyl (C=O) groups is 2. The van der Waals surface area contributed by atoms with Gasteiger partial charge in [-0.3, -0.25) is 0 Å². The van der Waals surface area contributed by atoms with Gasteiger partial charge in [-0.15, -0.1) is 0 Å². The van der Waals surface area contributed by atoms with E-state index in [0.29, 0.717) is 17.7 Å². The fraction of sp³-hybridized carbons (Fsp3) is 0.412. The van der Waals surface area contributed by atoms with Crippen molar-refractivity contribution in [3.05, 3.63) is 35.6 Å². The Labute approximate surface area is 135 Å². The van der Waals surface area contributed by atoms with Crippen LogP contribution in [0.1, 0.15) is 34.8 Å². The van der Waals surface area contributed by atoms with Gasteiger partial charge in [-0.2, -0.15) is 0 Å². The minimum Gasteiger partial charge on any atom is -0.465 e. The summed E-state index contributed by atoms with van der Waals surface area (Å²) in [6.07, 6.45) is 0. The van der Waals surface area contributed by atoms with Gasteiger partial charge in [0.15, 0.2) is 0 Å². The van der Waals surface area contributed by atoms with Gasteiger partial charge in [0.25, 0.3) is 0 Å². The third-order valence-electron chi connectivity index (χ3n) is 3.21. The summed E-state index contributed by atoms with van der Waals surface area (Å²) in [5, 5.41) is 0.718. The zero-order valence-electron chi connectivity index (χ0n) is 14.0. The van der Waals surface area contributed by atoms with Crippen molar-refractivity contribution in [3.63, 3.8) is 0 Å². The predicted octanol–water partition coefficient (Wildman–Crippen LogP) is 2.72. The lowest BCUT2D eigenvalue weighted by molar-refractivity contribution is -0.0135. The summed E-state index contributed by atoms with van der Waals surface area (Å²) < 4.78 is 15.7. The summed E-state index contributed by atoms with van der Waals surface area (Å²) in [5.41, 5.74) is 0.156. The molecule has 1 aromatic carbocycles. The van der Waals surface area contributed by atoms with Crippen LogP contribution >= 0.6 is 0 Å². The molecule has 0 saturated heterocycles. The largest absolute Gasteiger partial charge is 0.465 e. The number of furan rings is 1. The number of nitrogens with zero attached hydrogens (tertiary/aromatic N) is 1. The molecular weight excluding hydrogens is 298 g/mol. The van der Waals surface area contributed by atoms with Crippen molar-refractivity contribution in [2.24, 2.45) is 0 Å². The number of rotatable bonds is 5. The fourth-order valence-electron chi connectivity index (χ4n) is 2.47. The van der Waals surface area contributed by atoms with Crippen LogP contribution in [0.25, 0.3) is 11.0 Å². The average Bonchev–Trinajstić information content (AvgIpc) is 2.87. The highest BCUT2D eigenvalue weighted by Gasteiger charge is 2.26. The number of benzene rings is 1. The van der Waals surface area contributed by atoms with E-state index in [1.165, 1.54) is 7.11 Å². The van der Waals surface area contributed by atoms with Gasteiger partial charge < -0.3 is 18.8 Å². The fourth-order valence-corrected chi connectivity index (χ4v) is 2.47. The van der Waals surface area contributed by atoms with E-state index in [1.54, 1.807) is 24.3 Å². The minimum absolute atomic E-state index is 0.105. The van der Waals surface area contributed by atoms with Gasteiger partial charge in [0, 0.05) is 11.9 Å². The first-order chi connectivity index (χ1) is 10.7. The van der Waals surface area contributed by atoms with Crippen molar-refractivity contribution in [2.75, 3.05) is 27.7 Å². The molecule has 6 nitrogen and oxygen atoms in total. The number of hydrogen-bond acceptors (Lipinski definition) is 6. The number of fused-ring (bicyclic) bond motifs is 1. The van der Waals surface area contributed by atoms with Crippen molar-refractivity contribution >= 4 is 22.9 Å². The van der Waals surface area contributed by atoms with Crippen LogP contribution in [-0.2, 0) is 9.47 Å². The highest BCUT2D eigenvalue weighted by molar-refractivity contribution is 5.97. The maximum Gasteiger partial charge on any atom is 0.374 e. The first-order valence-corrected chi connectivity index (χ1v) is 7.22. The normalized spacial score (nSPS) is 11.7. The van der Waals surface area contributed by atoms with E-state index >= 15 is 0 Å². The third kappa shape index (κ3) is 4.10. The van der Waals surface area contributed by atoms with Gasteiger partial charge in [-0.05, 0) is 46.1 Å². The van der Waals surface area contributed by atoms with Gasteiger partial charge >= 0.3 is 11.9 Å². The molecule has 0 atom stereocenters. The number of ether oxygens (including phenoxy) is 2. The lowest BCUT2D eigenvalue weighted by Crippen LogP contribution is -2.38. The second-order valence-corrected chi connectivity index (χ2v) is 6.24. The Morgan fingerprint density at radius 1 is 1.17 bits per heavy atom. The van der Waals surface area contributed by atoms with E-state index in [1.807, 2.05) is 32.8 Å². The molecule has 0 radical (unpaired) electrons. The predicted molar refractivity (Wildman–Crippen MR) is 85.6 cm³/mol. The second kappa shape index (κ2) is 6.42. The van der Waals surface area contributed by atoms with E-state index in [2.05, 4.69) is 4.74 Å². The highest BCUT2D eigenvalue weighted by Crippen LogP contribution is 2.23. The molecular formula is C17H21NO5. The van der Waals surface area contributed by atoms with Crippen molar-refractivity contribution in [1.82, 2.24) is 4.90 Å². The Bertz CT molecular complexity index is 730. The van der Waals surface area contributed by atoms with Gasteiger partial charge in [0.05, 0.1) is 12.7 Å². The summed E-state index contributed by atoms with van der Waals surface area (Å²) in [5.74, 6) is -0.888. The first kappa shape index (κ1) is 17.0. The molecule has 23 heavy (non-hydrogen) atoms. The van der Waals surface area contributed by atoms with Gasteiger partial charge in [-0.25, -0.2) is 9.59 Å². The molecule has 2 rings (SSSR count). The van der Waals surface area contributed by atoms with Crippen molar-refractivity contribution in [1.29, 1.82) is 0 Å². The Balaban J connectivity index is 2.23. The lowest BCUT2D eigenvalue weighted by Gasteiger charge is -2.27. The number of likely N-dealkylation sites (N-methyl/N-ethyl adjacent to an activating group) is 1. The second-order valence-electron chi connectivity index (χ2n) is 6.24. The lowest BCUT2D eigenvalue weighted by atomic mass is 10.1. The Morgan fingerprint density at radius 3 is 2.48 bits per heavy atom. The van der Waals surface area contributed by atoms with Crippen molar-refractivity contribution in [2.45, 2.75) is 19.4 Å². The molecule has 1 heterocycles. The van der Waals surface area contributed by atoms with Gasteiger partial charge in [0.1, 0.15) is 11.2 Å². The molecule has 0 bridgehead atoms. The molecule has 0 aliphatic rings. The Hall–Kier alpha value is -2.34. The minimum atomic E-state index is -0.642. The quantitative estimate of drug-likeness (QED) is 0.789. The van der Waals surface area contributed by atoms with Gasteiger partial charge in [-0.1, -0.05) is 6.07 Å². The van der Waals surface area contributed by atoms with Crippen LogP contribution in [0.4, 0.5) is 0 Å². The van der Waals surface area contributed by atoms with E-state index in [-0.39, 0.29) is 5.76 Å². The van der Waals surface area contributed by atoms with Crippen LogP contribution in [0.2, 0.25) is 0 Å². The molecule has 0 unspecified atom stereocenters. The summed E-state index contributed by atoms with van der Waals surface area (Å²) >= 11 is 0. The summed E-state index contributed by atoms with van der Waals surface area (Å²) in [6.45, 7) is 4.26. The van der Waals surface area contributed by atoms with Crippen LogP contribution in [0.5, 0.6) is 0 Å². The van der Waals surface area contributed by atoms with Gasteiger partial charge in [0.2, 0.25) is 5.76 Å². The number of carbonyl (C=O) groups excluding carboxylic acids is 2. The Kier molecular flexibility index (Phi) is 4.75. The summed E-state index contributed by atoms with van der Waals surface area (Å²) in [4.78, 5) is 25.7. The first-order valence-electron chi connectivity index (χ1n) is 7.22. The van der Waals surface area contributed by atoms with Crippen LogP contribution in [0, 0.1) is 0 Å². The Morgan fingerprint density at radius 2 is 1.87 bits per heavy atom. The average molecular weight is 319 g/mol. The third-order valence-corrected chi connectivity index (χ3v) is 3.21. The molecule has 0 spiro atoms. The highest BCUT2D eigenvalue weighted by atomic mass is 16.6. The van der Waals surface area contributed by atoms with E-state index in [9.17, 15) is 9.59 Å². The zero-order chi connectivity index (χ0) is 17.2. The maximum atomic E-state index is 12.3. The SMILES string of the molecule is COC(=O)c1ccc2cc(C(=O)OC(C)(C)CN(C)C)oc2c1. The topological polar surface area (TPSA) is 69.0 Å². The summed E-state index contributed by atoms with van der Waals surface area (Å²) in [7, 11) is 5.13. The van der Waals surface area contributed by atoms with Crippen LogP contribution in [0.15, 0.2) is 28.7 Å². The molecule has 0 aliphatic carbocycles.